The molecule has 0 aromatic heterocycles. The third-order valence-corrected chi connectivity index (χ3v) is 3.45. The average Bonchev–Trinajstić information content (AvgIpc) is 2.62. The normalized spacial score (nSPS) is 31.3. The largest absolute Gasteiger partial charge is 0.472 e. The molecule has 17 heavy (non-hydrogen) atoms. The molecule has 5 unspecified atom stereocenters. The van der Waals surface area contributed by atoms with Gasteiger partial charge in [-0.05, 0) is 6.92 Å². The zero-order valence-corrected chi connectivity index (χ0v) is 12.5. The van der Waals surface area contributed by atoms with E-state index >= 15 is 0 Å². The Bertz CT molecular complexity index is 295. The van der Waals surface area contributed by atoms with Gasteiger partial charge in [-0.2, -0.15) is 0 Å². The Labute approximate surface area is 104 Å². The highest BCUT2D eigenvalue weighted by atomic mass is 31.2. The van der Waals surface area contributed by atoms with Crippen LogP contribution in [-0.2, 0) is 23.1 Å². The number of rotatable bonds is 4. The molecule has 0 aromatic rings. The van der Waals surface area contributed by atoms with Gasteiger partial charge in [-0.3, -0.25) is 13.8 Å². The number of carbonyl (C=O) groups is 1. The third-order valence-electron chi connectivity index (χ3n) is 2.02. The minimum absolute atomic E-state index is 0.235. The van der Waals surface area contributed by atoms with Crippen LogP contribution in [0.15, 0.2) is 0 Å². The number of Topliss-reactive ketones (excluding diaryl/α,β-unsaturated/α-hetero) is 1. The maximum Gasteiger partial charge on any atom is 0.472 e. The van der Waals surface area contributed by atoms with Crippen LogP contribution in [0.4, 0.5) is 0 Å². The van der Waals surface area contributed by atoms with Crippen LogP contribution in [0, 0.1) is 0 Å². The molecule has 102 valence electrons. The van der Waals surface area contributed by atoms with E-state index in [1.165, 1.54) is 6.92 Å². The highest BCUT2D eigenvalue weighted by Crippen LogP contribution is 2.46. The van der Waals surface area contributed by atoms with E-state index in [1.807, 2.05) is 13.8 Å². The van der Waals surface area contributed by atoms with Crippen molar-refractivity contribution < 1.29 is 28.0 Å². The van der Waals surface area contributed by atoms with Gasteiger partial charge < -0.3 is 9.63 Å². The summed E-state index contributed by atoms with van der Waals surface area (Å²) in [5.74, 6) is -0.484. The molecular weight excluding hydrogens is 266 g/mol. The van der Waals surface area contributed by atoms with Crippen molar-refractivity contribution in [3.63, 3.8) is 0 Å². The van der Waals surface area contributed by atoms with Gasteiger partial charge in [0.2, 0.25) is 0 Å². The van der Waals surface area contributed by atoms with Gasteiger partial charge in [0, 0.05) is 13.5 Å². The summed E-state index contributed by atoms with van der Waals surface area (Å²) < 4.78 is 25.5. The van der Waals surface area contributed by atoms with Crippen molar-refractivity contribution >= 4 is 22.8 Å². The number of ketones is 1. The van der Waals surface area contributed by atoms with Gasteiger partial charge in [0.15, 0.2) is 5.78 Å². The van der Waals surface area contributed by atoms with Crippen molar-refractivity contribution in [3.8, 4) is 0 Å². The van der Waals surface area contributed by atoms with Crippen LogP contribution >= 0.6 is 17.1 Å². The minimum atomic E-state index is -4.07. The van der Waals surface area contributed by atoms with Crippen LogP contribution in [0.25, 0.3) is 0 Å². The van der Waals surface area contributed by atoms with Gasteiger partial charge in [-0.1, -0.05) is 13.8 Å². The molecule has 0 spiro atoms. The van der Waals surface area contributed by atoms with E-state index < -0.39 is 20.0 Å². The number of hydrogen-bond donors (Lipinski definition) is 1. The van der Waals surface area contributed by atoms with Crippen molar-refractivity contribution in [1.29, 1.82) is 0 Å². The Morgan fingerprint density at radius 2 is 2.06 bits per heavy atom. The fraction of sp³-hybridized carbons (Fsp3) is 0.889. The molecule has 0 amide bonds. The summed E-state index contributed by atoms with van der Waals surface area (Å²) in [4.78, 5) is 20.3. The van der Waals surface area contributed by atoms with Crippen molar-refractivity contribution in [3.05, 3.63) is 0 Å². The first-order valence-electron chi connectivity index (χ1n) is 5.34. The van der Waals surface area contributed by atoms with E-state index in [1.54, 1.807) is 0 Å². The lowest BCUT2D eigenvalue weighted by Gasteiger charge is -2.18. The number of carbonyl (C=O) groups excluding carboxylic acids is 1. The van der Waals surface area contributed by atoms with Crippen LogP contribution < -0.4 is 0 Å². The van der Waals surface area contributed by atoms with Gasteiger partial charge in [-0.25, -0.2) is 4.57 Å². The Balaban J connectivity index is 0.00000121. The van der Waals surface area contributed by atoms with Gasteiger partial charge in [0.25, 0.3) is 0 Å². The van der Waals surface area contributed by atoms with Crippen LogP contribution in [0.3, 0.4) is 0 Å². The molecule has 0 radical (unpaired) electrons. The Kier molecular flexibility index (Phi) is 7.65. The van der Waals surface area contributed by atoms with Crippen molar-refractivity contribution in [2.24, 2.45) is 0 Å². The Morgan fingerprint density at radius 3 is 2.47 bits per heavy atom. The maximum atomic E-state index is 11.2. The molecule has 0 saturated carbocycles. The van der Waals surface area contributed by atoms with Gasteiger partial charge in [-0.15, -0.1) is 9.24 Å². The first kappa shape index (κ1) is 17.2. The number of ether oxygens (including phenoxy) is 1. The second-order valence-corrected chi connectivity index (χ2v) is 5.49. The second-order valence-electron chi connectivity index (χ2n) is 3.24. The Morgan fingerprint density at radius 1 is 1.53 bits per heavy atom. The molecule has 0 aromatic carbocycles. The van der Waals surface area contributed by atoms with Crippen molar-refractivity contribution in [1.82, 2.24) is 0 Å². The van der Waals surface area contributed by atoms with E-state index in [9.17, 15) is 9.36 Å². The van der Waals surface area contributed by atoms with Crippen LogP contribution in [-0.4, -0.2) is 35.8 Å². The lowest BCUT2D eigenvalue weighted by atomic mass is 10.1. The minimum Gasteiger partial charge on any atom is -0.360 e. The molecular formula is C9H20O6P2. The van der Waals surface area contributed by atoms with E-state index in [0.717, 1.165) is 7.11 Å². The molecule has 1 saturated heterocycles. The topological polar surface area (TPSA) is 82.1 Å². The molecule has 1 N–H and O–H groups in total. The predicted molar refractivity (Wildman–Crippen MR) is 66.7 cm³/mol. The van der Waals surface area contributed by atoms with Crippen LogP contribution in [0.1, 0.15) is 27.2 Å². The predicted octanol–water partition coefficient (Wildman–Crippen LogP) is 1.72. The maximum absolute atomic E-state index is 11.2. The van der Waals surface area contributed by atoms with E-state index in [-0.39, 0.29) is 11.6 Å². The molecule has 6 nitrogen and oxygen atoms in total. The van der Waals surface area contributed by atoms with Gasteiger partial charge >= 0.3 is 7.82 Å². The third kappa shape index (κ3) is 5.56. The molecule has 1 aliphatic rings. The quantitative estimate of drug-likeness (QED) is 0.792. The molecule has 0 bridgehead atoms. The van der Waals surface area contributed by atoms with Gasteiger partial charge in [0.1, 0.15) is 12.2 Å². The summed E-state index contributed by atoms with van der Waals surface area (Å²) in [5, 5.41) is 0. The van der Waals surface area contributed by atoms with E-state index in [2.05, 4.69) is 13.8 Å². The molecule has 1 heterocycles. The lowest BCUT2D eigenvalue weighted by molar-refractivity contribution is -0.129. The molecule has 8 heteroatoms. The van der Waals surface area contributed by atoms with Gasteiger partial charge in [0.05, 0.1) is 5.85 Å². The Hall–Kier alpha value is 0.170. The second kappa shape index (κ2) is 7.57. The monoisotopic (exact) mass is 286 g/mol. The first-order chi connectivity index (χ1) is 7.85. The van der Waals surface area contributed by atoms with E-state index in [4.69, 9.17) is 14.2 Å². The summed E-state index contributed by atoms with van der Waals surface area (Å²) in [6.45, 7) is 5.35. The smallest absolute Gasteiger partial charge is 0.360 e. The summed E-state index contributed by atoms with van der Waals surface area (Å²) in [6, 6.07) is 0. The highest BCUT2D eigenvalue weighted by molar-refractivity contribution is 7.47. The zero-order chi connectivity index (χ0) is 13.6. The zero-order valence-electron chi connectivity index (χ0n) is 10.5. The summed E-state index contributed by atoms with van der Waals surface area (Å²) in [7, 11) is -0.616. The number of hydrogen-bond acceptors (Lipinski definition) is 5. The van der Waals surface area contributed by atoms with Crippen molar-refractivity contribution in [2.45, 2.75) is 45.2 Å². The summed E-state index contributed by atoms with van der Waals surface area (Å²) >= 11 is 0. The average molecular weight is 286 g/mol. The lowest BCUT2D eigenvalue weighted by Crippen LogP contribution is -2.30. The fourth-order valence-corrected chi connectivity index (χ4v) is 2.42. The summed E-state index contributed by atoms with van der Waals surface area (Å²) in [5.41, 5.74) is 0. The van der Waals surface area contributed by atoms with Crippen LogP contribution in [0.5, 0.6) is 0 Å². The highest BCUT2D eigenvalue weighted by Gasteiger charge is 2.41. The standard InChI is InChI=1S/C7H14O6P2.C2H6/c1-4(8)7-5(3-6(14)12-7)13-15(9,10)11-2;1-2/h5-7H,3,14H2,1-2H3,(H,9,10);1-2H3. The van der Waals surface area contributed by atoms with Crippen molar-refractivity contribution in [2.75, 3.05) is 7.11 Å². The molecule has 1 aliphatic heterocycles. The van der Waals surface area contributed by atoms with E-state index in [0.29, 0.717) is 6.42 Å². The number of phosphoric ester groups is 1. The molecule has 1 fully saturated rings. The summed E-state index contributed by atoms with van der Waals surface area (Å²) in [6.07, 6.45) is -1.17. The fourth-order valence-electron chi connectivity index (χ4n) is 1.35. The SMILES string of the molecule is CC.COP(=O)(O)OC1CC(P)OC1C(C)=O. The molecule has 1 rings (SSSR count). The molecule has 5 atom stereocenters. The first-order valence-corrected chi connectivity index (χ1v) is 7.50. The molecule has 0 aliphatic carbocycles. The number of phosphoric acid groups is 1. The van der Waals surface area contributed by atoms with Crippen LogP contribution in [0.2, 0.25) is 0 Å².